The average molecular weight is 333 g/mol. The van der Waals surface area contributed by atoms with Gasteiger partial charge in [-0.15, -0.1) is 0 Å². The highest BCUT2D eigenvalue weighted by atomic mass is 16.2. The van der Waals surface area contributed by atoms with Gasteiger partial charge in [-0.3, -0.25) is 4.79 Å². The number of nitrogens with one attached hydrogen (secondary N) is 1. The van der Waals surface area contributed by atoms with Crippen LogP contribution in [0.3, 0.4) is 0 Å². The zero-order valence-corrected chi connectivity index (χ0v) is 13.3. The summed E-state index contributed by atoms with van der Waals surface area (Å²) in [5.41, 5.74) is 2.50. The zero-order chi connectivity index (χ0) is 17.2. The van der Waals surface area contributed by atoms with Crippen LogP contribution in [0, 0.1) is 17.4 Å². The van der Waals surface area contributed by atoms with Crippen LogP contribution in [0.5, 0.6) is 0 Å². The van der Waals surface area contributed by atoms with E-state index >= 15 is 0 Å². The van der Waals surface area contributed by atoms with Crippen LogP contribution in [-0.2, 0) is 4.79 Å². The van der Waals surface area contributed by atoms with Gasteiger partial charge in [0.05, 0.1) is 17.8 Å². The Morgan fingerprint density at radius 1 is 1.24 bits per heavy atom. The fourth-order valence-corrected chi connectivity index (χ4v) is 3.00. The summed E-state index contributed by atoms with van der Waals surface area (Å²) in [7, 11) is 0. The molecule has 1 saturated heterocycles. The summed E-state index contributed by atoms with van der Waals surface area (Å²) in [5.74, 6) is 0.181. The highest BCUT2D eigenvalue weighted by Gasteiger charge is 2.28. The number of aromatic nitrogens is 4. The predicted molar refractivity (Wildman–Crippen MR) is 90.1 cm³/mol. The Balaban J connectivity index is 1.57. The van der Waals surface area contributed by atoms with Gasteiger partial charge in [-0.2, -0.15) is 10.4 Å². The molecule has 0 spiro atoms. The summed E-state index contributed by atoms with van der Waals surface area (Å²) in [6, 6.07) is 7.36. The molecule has 1 fully saturated rings. The second-order valence-electron chi connectivity index (χ2n) is 5.88. The lowest BCUT2D eigenvalue weighted by atomic mass is 10.1. The van der Waals surface area contributed by atoms with E-state index < -0.39 is 0 Å². The number of nitrogens with zero attached hydrogens (tertiary/aromatic N) is 6. The number of hydrogen-bond donors (Lipinski definition) is 1. The third kappa shape index (κ3) is 2.87. The Labute approximate surface area is 143 Å². The average Bonchev–Trinajstić information content (AvgIpc) is 3.30. The smallest absolute Gasteiger partial charge is 0.230 e. The molecule has 124 valence electrons. The highest BCUT2D eigenvalue weighted by Crippen LogP contribution is 2.22. The molecule has 0 radical (unpaired) electrons. The number of nitriles is 1. The van der Waals surface area contributed by atoms with Crippen molar-refractivity contribution < 1.29 is 4.79 Å². The standard InChI is InChI=1S/C17H15N7O/c18-11-23-8-4-13(10-23)17(25)22-15-9-12(1-5-19-15)14-2-6-20-16-3-7-21-24(14)16/h1-3,5-7,9,13H,4,8,10H2,(H,19,22,25). The number of likely N-dealkylation sites (tertiary alicyclic amines) is 1. The summed E-state index contributed by atoms with van der Waals surface area (Å²) in [6.45, 7) is 1.08. The molecule has 8 nitrogen and oxygen atoms in total. The van der Waals surface area contributed by atoms with E-state index in [1.807, 2.05) is 24.3 Å². The molecule has 1 atom stereocenters. The molecule has 1 unspecified atom stereocenters. The largest absolute Gasteiger partial charge is 0.310 e. The molecule has 0 aliphatic carbocycles. The maximum atomic E-state index is 12.4. The van der Waals surface area contributed by atoms with Crippen LogP contribution in [0.1, 0.15) is 6.42 Å². The van der Waals surface area contributed by atoms with Crippen LogP contribution in [-0.4, -0.2) is 43.5 Å². The summed E-state index contributed by atoms with van der Waals surface area (Å²) in [6.07, 6.45) is 7.82. The molecule has 0 saturated carbocycles. The van der Waals surface area contributed by atoms with Crippen LogP contribution in [0.4, 0.5) is 5.82 Å². The maximum Gasteiger partial charge on any atom is 0.230 e. The first-order valence-corrected chi connectivity index (χ1v) is 7.95. The minimum absolute atomic E-state index is 0.110. The normalized spacial score (nSPS) is 16.8. The van der Waals surface area contributed by atoms with Crippen molar-refractivity contribution in [2.45, 2.75) is 6.42 Å². The second kappa shape index (κ2) is 6.20. The topological polar surface area (TPSA) is 99.2 Å². The number of rotatable bonds is 3. The summed E-state index contributed by atoms with van der Waals surface area (Å²) >= 11 is 0. The van der Waals surface area contributed by atoms with E-state index in [2.05, 4.69) is 26.6 Å². The predicted octanol–water partition coefficient (Wildman–Crippen LogP) is 1.53. The molecule has 25 heavy (non-hydrogen) atoms. The third-order valence-electron chi connectivity index (χ3n) is 4.30. The quantitative estimate of drug-likeness (QED) is 0.730. The SMILES string of the molecule is N#CN1CCC(C(=O)Nc2cc(-c3ccnc4ccnn34)ccn2)C1. The van der Waals surface area contributed by atoms with Gasteiger partial charge in [0.15, 0.2) is 11.8 Å². The lowest BCUT2D eigenvalue weighted by molar-refractivity contribution is -0.119. The Bertz CT molecular complexity index is 974. The summed E-state index contributed by atoms with van der Waals surface area (Å²) in [5, 5.41) is 16.0. The van der Waals surface area contributed by atoms with Crippen LogP contribution in [0.15, 0.2) is 42.9 Å². The van der Waals surface area contributed by atoms with Gasteiger partial charge in [-0.05, 0) is 24.6 Å². The van der Waals surface area contributed by atoms with Crippen molar-refractivity contribution in [2.75, 3.05) is 18.4 Å². The van der Waals surface area contributed by atoms with Gasteiger partial charge in [0, 0.05) is 37.1 Å². The monoisotopic (exact) mass is 333 g/mol. The maximum absolute atomic E-state index is 12.4. The molecule has 0 bridgehead atoms. The third-order valence-corrected chi connectivity index (χ3v) is 4.30. The van der Waals surface area contributed by atoms with E-state index in [1.165, 1.54) is 0 Å². The molecule has 1 amide bonds. The van der Waals surface area contributed by atoms with Crippen molar-refractivity contribution in [1.29, 1.82) is 5.26 Å². The molecular formula is C17H15N7O. The van der Waals surface area contributed by atoms with Gasteiger partial charge >= 0.3 is 0 Å². The lowest BCUT2D eigenvalue weighted by Gasteiger charge is -2.11. The number of anilines is 1. The fourth-order valence-electron chi connectivity index (χ4n) is 3.00. The molecule has 4 rings (SSSR count). The van der Waals surface area contributed by atoms with E-state index in [0.29, 0.717) is 25.3 Å². The molecule has 1 N–H and O–H groups in total. The second-order valence-corrected chi connectivity index (χ2v) is 5.88. The van der Waals surface area contributed by atoms with Crippen molar-refractivity contribution in [2.24, 2.45) is 5.92 Å². The minimum Gasteiger partial charge on any atom is -0.310 e. The molecule has 3 aromatic rings. The van der Waals surface area contributed by atoms with Crippen molar-refractivity contribution in [3.05, 3.63) is 42.9 Å². The van der Waals surface area contributed by atoms with Crippen LogP contribution < -0.4 is 5.32 Å². The summed E-state index contributed by atoms with van der Waals surface area (Å²) < 4.78 is 1.74. The number of carbonyl (C=O) groups is 1. The molecule has 1 aliphatic heterocycles. The molecule has 1 aliphatic rings. The zero-order valence-electron chi connectivity index (χ0n) is 13.3. The van der Waals surface area contributed by atoms with Crippen molar-refractivity contribution in [3.63, 3.8) is 0 Å². The van der Waals surface area contributed by atoms with E-state index in [-0.39, 0.29) is 11.8 Å². The molecule has 0 aromatic carbocycles. The van der Waals surface area contributed by atoms with E-state index in [1.54, 1.807) is 28.0 Å². The van der Waals surface area contributed by atoms with Crippen molar-refractivity contribution in [3.8, 4) is 17.5 Å². The van der Waals surface area contributed by atoms with Gasteiger partial charge in [0.1, 0.15) is 5.82 Å². The molecular weight excluding hydrogens is 318 g/mol. The van der Waals surface area contributed by atoms with E-state index in [9.17, 15) is 4.79 Å². The molecule has 8 heteroatoms. The summed E-state index contributed by atoms with van der Waals surface area (Å²) in [4.78, 5) is 22.5. The van der Waals surface area contributed by atoms with Gasteiger partial charge in [0.25, 0.3) is 0 Å². The number of amides is 1. The minimum atomic E-state index is -0.191. The first kappa shape index (κ1) is 15.1. The van der Waals surface area contributed by atoms with Crippen molar-refractivity contribution >= 4 is 17.4 Å². The number of hydrogen-bond acceptors (Lipinski definition) is 6. The first-order valence-electron chi connectivity index (χ1n) is 7.95. The van der Waals surface area contributed by atoms with Gasteiger partial charge in [-0.1, -0.05) is 0 Å². The van der Waals surface area contributed by atoms with Gasteiger partial charge in [-0.25, -0.2) is 14.5 Å². The van der Waals surface area contributed by atoms with Crippen LogP contribution >= 0.6 is 0 Å². The Morgan fingerprint density at radius 3 is 2.96 bits per heavy atom. The van der Waals surface area contributed by atoms with E-state index in [0.717, 1.165) is 16.9 Å². The Morgan fingerprint density at radius 2 is 2.12 bits per heavy atom. The van der Waals surface area contributed by atoms with Crippen LogP contribution in [0.25, 0.3) is 16.9 Å². The highest BCUT2D eigenvalue weighted by molar-refractivity contribution is 5.92. The van der Waals surface area contributed by atoms with Gasteiger partial charge in [0.2, 0.25) is 5.91 Å². The fraction of sp³-hybridized carbons (Fsp3) is 0.235. The Hall–Kier alpha value is -3.47. The number of pyridine rings is 1. The van der Waals surface area contributed by atoms with Gasteiger partial charge < -0.3 is 10.2 Å². The lowest BCUT2D eigenvalue weighted by Crippen LogP contribution is -2.25. The first-order chi connectivity index (χ1) is 12.2. The molecule has 4 heterocycles. The van der Waals surface area contributed by atoms with Crippen LogP contribution in [0.2, 0.25) is 0 Å². The number of carbonyl (C=O) groups excluding carboxylic acids is 1. The number of fused-ring (bicyclic) bond motifs is 1. The van der Waals surface area contributed by atoms with Crippen molar-refractivity contribution in [1.82, 2.24) is 24.5 Å². The molecule has 3 aromatic heterocycles. The Kier molecular flexibility index (Phi) is 3.74. The van der Waals surface area contributed by atoms with E-state index in [4.69, 9.17) is 5.26 Å².